The highest BCUT2D eigenvalue weighted by Crippen LogP contribution is 2.41. The molecule has 0 aliphatic rings. The second kappa shape index (κ2) is 11.6. The predicted molar refractivity (Wildman–Crippen MR) is 122 cm³/mol. The molecule has 1 aromatic heterocycles. The van der Waals surface area contributed by atoms with Gasteiger partial charge in [-0.3, -0.25) is 9.59 Å². The fourth-order valence-electron chi connectivity index (χ4n) is 3.58. The van der Waals surface area contributed by atoms with Gasteiger partial charge in [-0.15, -0.1) is 0 Å². The first-order chi connectivity index (χ1) is 17.5. The highest BCUT2D eigenvalue weighted by atomic mass is 19.4. The van der Waals surface area contributed by atoms with Crippen LogP contribution >= 0.6 is 0 Å². The molecule has 3 rings (SSSR count). The van der Waals surface area contributed by atoms with Crippen molar-refractivity contribution < 1.29 is 46.6 Å². The van der Waals surface area contributed by atoms with E-state index in [1.165, 1.54) is 33.5 Å². The van der Waals surface area contributed by atoms with Crippen LogP contribution in [0.4, 0.5) is 13.2 Å². The Bertz CT molecular complexity index is 1220. The van der Waals surface area contributed by atoms with Gasteiger partial charge in [0, 0.05) is 17.9 Å². The van der Waals surface area contributed by atoms with E-state index in [0.29, 0.717) is 28.4 Å². The van der Waals surface area contributed by atoms with E-state index in [9.17, 15) is 27.9 Å². The van der Waals surface area contributed by atoms with E-state index in [1.54, 1.807) is 12.1 Å². The summed E-state index contributed by atoms with van der Waals surface area (Å²) in [4.78, 5) is 28.2. The average Bonchev–Trinajstić information content (AvgIpc) is 3.34. The zero-order valence-electron chi connectivity index (χ0n) is 20.1. The van der Waals surface area contributed by atoms with Crippen molar-refractivity contribution in [1.82, 2.24) is 15.5 Å². The number of hydrogen-bond acceptors (Lipinski definition) is 8. The Morgan fingerprint density at radius 3 is 2.16 bits per heavy atom. The summed E-state index contributed by atoms with van der Waals surface area (Å²) in [5.41, 5.74) is -0.0112. The Morgan fingerprint density at radius 1 is 1.03 bits per heavy atom. The predicted octanol–water partition coefficient (Wildman–Crippen LogP) is 4.05. The van der Waals surface area contributed by atoms with E-state index in [-0.39, 0.29) is 31.1 Å². The minimum Gasteiger partial charge on any atom is -0.493 e. The van der Waals surface area contributed by atoms with Gasteiger partial charge in [-0.1, -0.05) is 17.3 Å². The Labute approximate surface area is 209 Å². The lowest BCUT2D eigenvalue weighted by Gasteiger charge is -2.19. The average molecular weight is 523 g/mol. The second-order valence-corrected chi connectivity index (χ2v) is 7.82. The van der Waals surface area contributed by atoms with Crippen molar-refractivity contribution in [2.75, 3.05) is 21.3 Å². The van der Waals surface area contributed by atoms with E-state index in [1.807, 2.05) is 0 Å². The molecule has 1 atom stereocenters. The van der Waals surface area contributed by atoms with Crippen LogP contribution in [0.1, 0.15) is 35.8 Å². The number of carbonyl (C=O) groups is 2. The maximum Gasteiger partial charge on any atom is 0.416 e. The van der Waals surface area contributed by atoms with Crippen molar-refractivity contribution in [2.24, 2.45) is 0 Å². The number of nitrogens with one attached hydrogen (secondary N) is 1. The van der Waals surface area contributed by atoms with Gasteiger partial charge in [0.25, 0.3) is 0 Å². The molecule has 198 valence electrons. The zero-order chi connectivity index (χ0) is 27.2. The van der Waals surface area contributed by atoms with Gasteiger partial charge in [0.1, 0.15) is 0 Å². The first-order valence-electron chi connectivity index (χ1n) is 10.8. The summed E-state index contributed by atoms with van der Waals surface area (Å²) in [6.45, 7) is -0.165. The number of hydrogen-bond donors (Lipinski definition) is 2. The molecule has 1 heterocycles. The lowest BCUT2D eigenvalue weighted by Crippen LogP contribution is -2.25. The lowest BCUT2D eigenvalue weighted by atomic mass is 9.91. The van der Waals surface area contributed by atoms with Gasteiger partial charge in [0.05, 0.1) is 39.9 Å². The molecule has 2 aromatic carbocycles. The number of carbonyl (C=O) groups excluding carboxylic acids is 1. The van der Waals surface area contributed by atoms with Crippen LogP contribution < -0.4 is 19.5 Å². The van der Waals surface area contributed by atoms with Crippen molar-refractivity contribution >= 4 is 11.9 Å². The lowest BCUT2D eigenvalue weighted by molar-refractivity contribution is -0.138. The van der Waals surface area contributed by atoms with Gasteiger partial charge in [-0.05, 0) is 29.8 Å². The molecule has 0 spiro atoms. The summed E-state index contributed by atoms with van der Waals surface area (Å²) in [7, 11) is 4.27. The van der Waals surface area contributed by atoms with Crippen LogP contribution in [0.5, 0.6) is 17.2 Å². The van der Waals surface area contributed by atoms with Crippen molar-refractivity contribution in [3.8, 4) is 28.6 Å². The second-order valence-electron chi connectivity index (χ2n) is 7.82. The summed E-state index contributed by atoms with van der Waals surface area (Å²) >= 11 is 0. The fraction of sp³-hybridized carbons (Fsp3) is 0.333. The van der Waals surface area contributed by atoms with Gasteiger partial charge < -0.3 is 29.2 Å². The third-order valence-corrected chi connectivity index (χ3v) is 5.39. The summed E-state index contributed by atoms with van der Waals surface area (Å²) < 4.78 is 59.2. The first-order valence-corrected chi connectivity index (χ1v) is 10.8. The molecular formula is C24H24F3N3O7. The molecule has 3 aromatic rings. The van der Waals surface area contributed by atoms with Crippen molar-refractivity contribution in [3.63, 3.8) is 0 Å². The number of nitrogens with zero attached hydrogens (tertiary/aromatic N) is 2. The minimum atomic E-state index is -4.47. The summed E-state index contributed by atoms with van der Waals surface area (Å²) in [5, 5.41) is 15.7. The molecule has 0 radical (unpaired) electrons. The van der Waals surface area contributed by atoms with Crippen LogP contribution in [0.25, 0.3) is 11.4 Å². The smallest absolute Gasteiger partial charge is 0.416 e. The van der Waals surface area contributed by atoms with E-state index in [0.717, 1.165) is 12.1 Å². The van der Waals surface area contributed by atoms with Crippen LogP contribution in [0.2, 0.25) is 0 Å². The number of ether oxygens (including phenoxy) is 3. The van der Waals surface area contributed by atoms with E-state index in [4.69, 9.17) is 18.7 Å². The number of methoxy groups -OCH3 is 3. The third-order valence-electron chi connectivity index (χ3n) is 5.39. The topological polar surface area (TPSA) is 133 Å². The maximum atomic E-state index is 12.7. The SMILES string of the molecule is COc1cc([C@H](CC(=O)O)CC(=O)NCc2nc(-c3ccc(C(F)(F)F)cc3)no2)cc(OC)c1OC. The monoisotopic (exact) mass is 523 g/mol. The van der Waals surface area contributed by atoms with Gasteiger partial charge in [0.15, 0.2) is 11.5 Å². The Hall–Kier alpha value is -4.29. The first kappa shape index (κ1) is 27.3. The quantitative estimate of drug-likeness (QED) is 0.382. The molecule has 37 heavy (non-hydrogen) atoms. The molecule has 13 heteroatoms. The normalized spacial score (nSPS) is 12.1. The van der Waals surface area contributed by atoms with Gasteiger partial charge in [-0.2, -0.15) is 18.2 Å². The minimum absolute atomic E-state index is 0.0193. The number of halogens is 3. The van der Waals surface area contributed by atoms with Gasteiger partial charge >= 0.3 is 12.1 Å². The van der Waals surface area contributed by atoms with Crippen molar-refractivity contribution in [3.05, 3.63) is 53.4 Å². The van der Waals surface area contributed by atoms with Crippen LogP contribution in [-0.2, 0) is 22.3 Å². The number of aliphatic carboxylic acids is 1. The fourth-order valence-corrected chi connectivity index (χ4v) is 3.58. The van der Waals surface area contributed by atoms with Crippen LogP contribution in [0.15, 0.2) is 40.9 Å². The molecule has 0 saturated heterocycles. The zero-order valence-corrected chi connectivity index (χ0v) is 20.1. The summed E-state index contributed by atoms with van der Waals surface area (Å²) in [6.07, 6.45) is -5.00. The molecular weight excluding hydrogens is 499 g/mol. The van der Waals surface area contributed by atoms with Crippen LogP contribution in [-0.4, -0.2) is 48.5 Å². The molecule has 0 unspecified atom stereocenters. The number of alkyl halides is 3. The molecule has 0 saturated carbocycles. The Balaban J connectivity index is 1.69. The molecule has 0 aliphatic heterocycles. The van der Waals surface area contributed by atoms with Gasteiger partial charge in [-0.25, -0.2) is 0 Å². The largest absolute Gasteiger partial charge is 0.493 e. The van der Waals surface area contributed by atoms with Crippen LogP contribution in [0.3, 0.4) is 0 Å². The Kier molecular flexibility index (Phi) is 8.58. The summed E-state index contributed by atoms with van der Waals surface area (Å²) in [5.74, 6) is -1.29. The van der Waals surface area contributed by atoms with Crippen molar-refractivity contribution in [1.29, 1.82) is 0 Å². The molecule has 2 N–H and O–H groups in total. The number of benzene rings is 2. The molecule has 0 bridgehead atoms. The van der Waals surface area contributed by atoms with E-state index < -0.39 is 29.5 Å². The number of carboxylic acids is 1. The number of carboxylic acid groups (broad SMARTS) is 1. The van der Waals surface area contributed by atoms with E-state index >= 15 is 0 Å². The molecule has 10 nitrogen and oxygen atoms in total. The maximum absolute atomic E-state index is 12.7. The molecule has 0 aliphatic carbocycles. The van der Waals surface area contributed by atoms with Crippen molar-refractivity contribution in [2.45, 2.75) is 31.5 Å². The van der Waals surface area contributed by atoms with E-state index in [2.05, 4.69) is 15.5 Å². The highest BCUT2D eigenvalue weighted by molar-refractivity contribution is 5.78. The number of aromatic nitrogens is 2. The Morgan fingerprint density at radius 2 is 1.65 bits per heavy atom. The highest BCUT2D eigenvalue weighted by Gasteiger charge is 2.30. The number of rotatable bonds is 11. The molecule has 1 amide bonds. The number of amides is 1. The van der Waals surface area contributed by atoms with Crippen LogP contribution in [0, 0.1) is 0 Å². The summed E-state index contributed by atoms with van der Waals surface area (Å²) in [6, 6.07) is 7.39. The van der Waals surface area contributed by atoms with Gasteiger partial charge in [0.2, 0.25) is 23.4 Å². The third kappa shape index (κ3) is 6.90. The standard InChI is InChI=1S/C24H24F3N3O7/c1-34-17-8-14(9-18(35-2)22(17)36-3)15(11-21(32)33)10-19(31)28-12-20-29-23(30-37-20)13-4-6-16(7-5-13)24(25,26)27/h4-9,15H,10-12H2,1-3H3,(H,28,31)(H,32,33)/t15-/m0/s1. The molecule has 0 fully saturated rings.